The fraction of sp³-hybridized carbons (Fsp3) is 0.556. The van der Waals surface area contributed by atoms with Crippen LogP contribution in [0.25, 0.3) is 0 Å². The number of amides is 2. The molecule has 4 nitrogen and oxygen atoms in total. The predicted octanol–water partition coefficient (Wildman–Crippen LogP) is 3.68. The average molecular weight is 352 g/mol. The first-order valence-electron chi connectivity index (χ1n) is 8.48. The number of nitrogens with one attached hydrogen (secondary N) is 1. The van der Waals surface area contributed by atoms with E-state index >= 15 is 0 Å². The number of carbonyl (C=O) groups excluding carboxylic acids is 2. The third-order valence-electron chi connectivity index (χ3n) is 4.32. The predicted molar refractivity (Wildman–Crippen MR) is 96.6 cm³/mol. The minimum atomic E-state index is -0.339. The number of hydrogen-bond donors (Lipinski definition) is 1. The van der Waals surface area contributed by atoms with Gasteiger partial charge in [-0.2, -0.15) is 0 Å². The molecule has 1 aliphatic heterocycles. The van der Waals surface area contributed by atoms with Gasteiger partial charge in [-0.15, -0.1) is 11.8 Å². The van der Waals surface area contributed by atoms with Crippen LogP contribution in [0.5, 0.6) is 0 Å². The molecule has 2 unspecified atom stereocenters. The van der Waals surface area contributed by atoms with Crippen molar-refractivity contribution in [2.45, 2.75) is 50.8 Å². The van der Waals surface area contributed by atoms with Crippen molar-refractivity contribution in [1.82, 2.24) is 4.90 Å². The van der Waals surface area contributed by atoms with Gasteiger partial charge in [-0.3, -0.25) is 9.59 Å². The van der Waals surface area contributed by atoms with Gasteiger partial charge in [0.2, 0.25) is 11.8 Å². The van der Waals surface area contributed by atoms with E-state index in [4.69, 9.17) is 0 Å². The minimum Gasteiger partial charge on any atom is -0.339 e. The Kier molecular flexibility index (Phi) is 7.09. The van der Waals surface area contributed by atoms with Crippen LogP contribution < -0.4 is 5.32 Å². The first-order valence-corrected chi connectivity index (χ1v) is 9.53. The van der Waals surface area contributed by atoms with Gasteiger partial charge >= 0.3 is 0 Å². The number of likely N-dealkylation sites (tertiary alicyclic amines) is 1. The Hall–Kier alpha value is -1.56. The summed E-state index contributed by atoms with van der Waals surface area (Å²) >= 11 is 1.34. The van der Waals surface area contributed by atoms with Gasteiger partial charge in [-0.1, -0.05) is 6.92 Å². The van der Waals surface area contributed by atoms with Crippen molar-refractivity contribution in [3.8, 4) is 0 Å². The van der Waals surface area contributed by atoms with Gasteiger partial charge in [-0.25, -0.2) is 4.39 Å². The molecule has 6 heteroatoms. The Morgan fingerprint density at radius 2 is 2.04 bits per heavy atom. The summed E-state index contributed by atoms with van der Waals surface area (Å²) in [5, 5.41) is 2.47. The van der Waals surface area contributed by atoms with E-state index in [-0.39, 0.29) is 28.6 Å². The Labute approximate surface area is 147 Å². The Bertz CT molecular complexity index is 565. The molecule has 2 amide bonds. The standard InChI is InChI=1S/C18H25FN2O2S/c1-3-16-6-4-5-11-21(16)18(23)13(2)24-12-17(22)20-15-9-7-14(19)8-10-15/h7-10,13,16H,3-6,11-12H2,1-2H3,(H,20,22). The highest BCUT2D eigenvalue weighted by Crippen LogP contribution is 2.23. The van der Waals surface area contributed by atoms with E-state index in [1.807, 2.05) is 11.8 Å². The molecule has 1 fully saturated rings. The number of hydrogen-bond acceptors (Lipinski definition) is 3. The number of nitrogens with zero attached hydrogens (tertiary/aromatic N) is 1. The maximum absolute atomic E-state index is 12.8. The zero-order chi connectivity index (χ0) is 17.5. The van der Waals surface area contributed by atoms with Crippen molar-refractivity contribution in [1.29, 1.82) is 0 Å². The van der Waals surface area contributed by atoms with Gasteiger partial charge in [-0.05, 0) is 56.9 Å². The number of thioether (sulfide) groups is 1. The molecule has 24 heavy (non-hydrogen) atoms. The van der Waals surface area contributed by atoms with Gasteiger partial charge in [0.1, 0.15) is 5.82 Å². The van der Waals surface area contributed by atoms with Crippen molar-refractivity contribution in [2.75, 3.05) is 17.6 Å². The number of rotatable bonds is 6. The molecule has 1 aliphatic rings. The van der Waals surface area contributed by atoms with E-state index in [9.17, 15) is 14.0 Å². The number of anilines is 1. The molecule has 1 aromatic rings. The maximum atomic E-state index is 12.8. The minimum absolute atomic E-state index is 0.126. The summed E-state index contributed by atoms with van der Waals surface area (Å²) < 4.78 is 12.8. The molecule has 1 aromatic carbocycles. The lowest BCUT2D eigenvalue weighted by molar-refractivity contribution is -0.134. The average Bonchev–Trinajstić information content (AvgIpc) is 2.61. The largest absolute Gasteiger partial charge is 0.339 e. The quantitative estimate of drug-likeness (QED) is 0.850. The van der Waals surface area contributed by atoms with Crippen LogP contribution in [0.3, 0.4) is 0 Å². The maximum Gasteiger partial charge on any atom is 0.235 e. The SMILES string of the molecule is CCC1CCCCN1C(=O)C(C)SCC(=O)Nc1ccc(F)cc1. The number of benzene rings is 1. The topological polar surface area (TPSA) is 49.4 Å². The van der Waals surface area contributed by atoms with Crippen LogP contribution in [0.2, 0.25) is 0 Å². The number of halogens is 1. The van der Waals surface area contributed by atoms with Crippen molar-refractivity contribution in [3.05, 3.63) is 30.1 Å². The number of piperidine rings is 1. The number of carbonyl (C=O) groups is 2. The first kappa shape index (κ1) is 18.8. The highest BCUT2D eigenvalue weighted by molar-refractivity contribution is 8.01. The summed E-state index contributed by atoms with van der Waals surface area (Å²) in [6, 6.07) is 5.98. The summed E-state index contributed by atoms with van der Waals surface area (Å²) in [5.41, 5.74) is 0.558. The van der Waals surface area contributed by atoms with E-state index < -0.39 is 0 Å². The summed E-state index contributed by atoms with van der Waals surface area (Å²) in [7, 11) is 0. The molecule has 0 saturated carbocycles. The van der Waals surface area contributed by atoms with Gasteiger partial charge < -0.3 is 10.2 Å². The summed E-state index contributed by atoms with van der Waals surface area (Å²) in [4.78, 5) is 26.6. The van der Waals surface area contributed by atoms with Gasteiger partial charge in [0, 0.05) is 18.3 Å². The van der Waals surface area contributed by atoms with Crippen LogP contribution in [0.15, 0.2) is 24.3 Å². The third kappa shape index (κ3) is 5.23. The molecule has 1 N–H and O–H groups in total. The molecular formula is C18H25FN2O2S. The lowest BCUT2D eigenvalue weighted by atomic mass is 10.00. The van der Waals surface area contributed by atoms with Gasteiger partial charge in [0.15, 0.2) is 0 Å². The molecule has 2 rings (SSSR count). The normalized spacial score (nSPS) is 19.0. The molecular weight excluding hydrogens is 327 g/mol. The van der Waals surface area contributed by atoms with Crippen molar-refractivity contribution in [3.63, 3.8) is 0 Å². The Morgan fingerprint density at radius 3 is 2.71 bits per heavy atom. The Morgan fingerprint density at radius 1 is 1.33 bits per heavy atom. The zero-order valence-electron chi connectivity index (χ0n) is 14.3. The lowest BCUT2D eigenvalue weighted by Crippen LogP contribution is -2.46. The fourth-order valence-corrected chi connectivity index (χ4v) is 3.70. The van der Waals surface area contributed by atoms with Crippen LogP contribution in [-0.2, 0) is 9.59 Å². The van der Waals surface area contributed by atoms with E-state index in [2.05, 4.69) is 12.2 Å². The highest BCUT2D eigenvalue weighted by Gasteiger charge is 2.28. The van der Waals surface area contributed by atoms with Crippen LogP contribution in [0.4, 0.5) is 10.1 Å². The smallest absolute Gasteiger partial charge is 0.235 e. The monoisotopic (exact) mass is 352 g/mol. The molecule has 0 spiro atoms. The van der Waals surface area contributed by atoms with Crippen molar-refractivity contribution < 1.29 is 14.0 Å². The first-order chi connectivity index (χ1) is 11.5. The highest BCUT2D eigenvalue weighted by atomic mass is 32.2. The molecule has 0 aromatic heterocycles. The third-order valence-corrected chi connectivity index (χ3v) is 5.45. The second-order valence-electron chi connectivity index (χ2n) is 6.10. The van der Waals surface area contributed by atoms with Crippen LogP contribution in [0.1, 0.15) is 39.5 Å². The van der Waals surface area contributed by atoms with E-state index in [0.29, 0.717) is 11.7 Å². The fourth-order valence-electron chi connectivity index (χ4n) is 2.95. The lowest BCUT2D eigenvalue weighted by Gasteiger charge is -2.36. The molecule has 0 aliphatic carbocycles. The summed E-state index contributed by atoms with van der Waals surface area (Å²) in [5.74, 6) is -0.193. The van der Waals surface area contributed by atoms with E-state index in [0.717, 1.165) is 25.8 Å². The molecule has 1 heterocycles. The second-order valence-corrected chi connectivity index (χ2v) is 7.43. The second kappa shape index (κ2) is 9.06. The molecule has 0 radical (unpaired) electrons. The summed E-state index contributed by atoms with van der Waals surface area (Å²) in [6.07, 6.45) is 4.30. The van der Waals surface area contributed by atoms with Crippen LogP contribution >= 0.6 is 11.8 Å². The molecule has 2 atom stereocenters. The van der Waals surface area contributed by atoms with Crippen LogP contribution in [0, 0.1) is 5.82 Å². The van der Waals surface area contributed by atoms with Crippen molar-refractivity contribution >= 4 is 29.3 Å². The van der Waals surface area contributed by atoms with E-state index in [1.54, 1.807) is 0 Å². The van der Waals surface area contributed by atoms with Gasteiger partial charge in [0.25, 0.3) is 0 Å². The molecule has 132 valence electrons. The molecule has 0 bridgehead atoms. The summed E-state index contributed by atoms with van der Waals surface area (Å²) in [6.45, 7) is 4.80. The molecule has 1 saturated heterocycles. The van der Waals surface area contributed by atoms with E-state index in [1.165, 1.54) is 42.4 Å². The van der Waals surface area contributed by atoms with Crippen LogP contribution in [-0.4, -0.2) is 40.3 Å². The van der Waals surface area contributed by atoms with Gasteiger partial charge in [0.05, 0.1) is 11.0 Å². The van der Waals surface area contributed by atoms with Crippen molar-refractivity contribution in [2.24, 2.45) is 0 Å². The Balaban J connectivity index is 1.80. The zero-order valence-corrected chi connectivity index (χ0v) is 15.1.